The summed E-state index contributed by atoms with van der Waals surface area (Å²) in [6.45, 7) is 0.745. The number of phenolic OH excluding ortho intramolecular Hbond substituents is 1. The molecule has 2 N–H and O–H groups in total. The van der Waals surface area contributed by atoms with E-state index in [9.17, 15) is 14.7 Å². The van der Waals surface area contributed by atoms with E-state index in [0.717, 1.165) is 10.4 Å². The van der Waals surface area contributed by atoms with Crippen molar-refractivity contribution in [2.45, 2.75) is 19.1 Å². The van der Waals surface area contributed by atoms with Gasteiger partial charge in [-0.25, -0.2) is 0 Å². The zero-order chi connectivity index (χ0) is 28.9. The van der Waals surface area contributed by atoms with Crippen LogP contribution in [0.15, 0.2) is 90.3 Å². The summed E-state index contributed by atoms with van der Waals surface area (Å²) >= 11 is 1.46. The highest BCUT2D eigenvalue weighted by Crippen LogP contribution is 2.37. The summed E-state index contributed by atoms with van der Waals surface area (Å²) in [6.07, 6.45) is 0. The van der Waals surface area contributed by atoms with Crippen LogP contribution in [0.5, 0.6) is 17.2 Å². The Bertz CT molecular complexity index is 1670. The molecule has 5 aromatic rings. The molecule has 1 aliphatic heterocycles. The summed E-state index contributed by atoms with van der Waals surface area (Å²) in [7, 11) is 0. The average Bonchev–Trinajstić information content (AvgIpc) is 3.72. The number of aromatic nitrogens is 4. The van der Waals surface area contributed by atoms with Gasteiger partial charge in [-0.05, 0) is 52.1 Å². The lowest BCUT2D eigenvalue weighted by molar-refractivity contribution is -0.127. The standard InChI is InChI=1S/C30H26N6O5S/c37-23-11-8-21(9-12-23)28(30(39)31-18-20-5-2-1-3-6-20)36(22-10-13-24-25(17-22)41-15-14-40-24)27(38)19-35-33-29(32-34-35)26-7-4-16-42-26/h1-13,16-17,28,37H,14-15,18-19H2,(H,31,39)/t28-/m0/s1. The predicted octanol–water partition coefficient (Wildman–Crippen LogP) is 3.97. The van der Waals surface area contributed by atoms with Crippen molar-refractivity contribution >= 4 is 28.8 Å². The van der Waals surface area contributed by atoms with Crippen LogP contribution in [-0.2, 0) is 22.7 Å². The number of rotatable bonds is 9. The van der Waals surface area contributed by atoms with Crippen LogP contribution in [0.2, 0.25) is 0 Å². The first-order chi connectivity index (χ1) is 20.5. The van der Waals surface area contributed by atoms with Crippen LogP contribution in [0.4, 0.5) is 5.69 Å². The Balaban J connectivity index is 1.38. The number of hydrogen-bond donors (Lipinski definition) is 2. The fourth-order valence-corrected chi connectivity index (χ4v) is 5.23. The van der Waals surface area contributed by atoms with Crippen molar-refractivity contribution in [2.75, 3.05) is 18.1 Å². The molecule has 0 unspecified atom stereocenters. The third-order valence-electron chi connectivity index (χ3n) is 6.57. The maximum Gasteiger partial charge on any atom is 0.251 e. The first-order valence-corrected chi connectivity index (χ1v) is 14.1. The smallest absolute Gasteiger partial charge is 0.251 e. The Morgan fingerprint density at radius 2 is 1.76 bits per heavy atom. The van der Waals surface area contributed by atoms with Gasteiger partial charge in [0.1, 0.15) is 31.5 Å². The first-order valence-electron chi connectivity index (χ1n) is 13.2. The second-order valence-electron chi connectivity index (χ2n) is 9.41. The molecule has 3 aromatic carbocycles. The number of benzene rings is 3. The molecule has 6 rings (SSSR count). The van der Waals surface area contributed by atoms with Crippen LogP contribution in [0, 0.1) is 0 Å². The maximum absolute atomic E-state index is 14.1. The molecule has 42 heavy (non-hydrogen) atoms. The Kier molecular flexibility index (Phi) is 7.77. The SMILES string of the molecule is O=C(NCc1ccccc1)[C@H](c1ccc(O)cc1)N(C(=O)Cn1nnc(-c2cccs2)n1)c1ccc2c(c1)OCCO2. The van der Waals surface area contributed by atoms with Gasteiger partial charge < -0.3 is 19.9 Å². The normalized spacial score (nSPS) is 12.9. The molecule has 0 aliphatic carbocycles. The molecule has 1 aliphatic rings. The topological polar surface area (TPSA) is 132 Å². The third-order valence-corrected chi connectivity index (χ3v) is 7.43. The molecule has 212 valence electrons. The van der Waals surface area contributed by atoms with Gasteiger partial charge in [-0.15, -0.1) is 21.5 Å². The minimum atomic E-state index is -1.11. The Morgan fingerprint density at radius 1 is 0.976 bits per heavy atom. The number of nitrogens with one attached hydrogen (secondary N) is 1. The molecule has 0 fully saturated rings. The lowest BCUT2D eigenvalue weighted by Gasteiger charge is -2.32. The number of ether oxygens (including phenoxy) is 2. The van der Waals surface area contributed by atoms with Crippen molar-refractivity contribution in [3.63, 3.8) is 0 Å². The van der Waals surface area contributed by atoms with Crippen LogP contribution in [0.1, 0.15) is 17.2 Å². The monoisotopic (exact) mass is 582 g/mol. The lowest BCUT2D eigenvalue weighted by atomic mass is 10.0. The van der Waals surface area contributed by atoms with Gasteiger partial charge in [0, 0.05) is 18.3 Å². The van der Waals surface area contributed by atoms with Crippen LogP contribution < -0.4 is 19.7 Å². The molecule has 2 aromatic heterocycles. The Labute approximate surface area is 244 Å². The Morgan fingerprint density at radius 3 is 2.52 bits per heavy atom. The van der Waals surface area contributed by atoms with Gasteiger partial charge in [0.2, 0.25) is 11.7 Å². The molecule has 12 heteroatoms. The molecule has 11 nitrogen and oxygen atoms in total. The van der Waals surface area contributed by atoms with Crippen LogP contribution in [-0.4, -0.2) is 50.3 Å². The number of anilines is 1. The molecular weight excluding hydrogens is 556 g/mol. The fourth-order valence-electron chi connectivity index (χ4n) is 4.59. The minimum Gasteiger partial charge on any atom is -0.508 e. The molecule has 1 atom stereocenters. The second-order valence-corrected chi connectivity index (χ2v) is 10.4. The number of fused-ring (bicyclic) bond motifs is 1. The number of tetrazole rings is 1. The van der Waals surface area contributed by atoms with Gasteiger partial charge >= 0.3 is 0 Å². The quantitative estimate of drug-likeness (QED) is 0.267. The van der Waals surface area contributed by atoms with Gasteiger partial charge in [-0.2, -0.15) is 4.80 Å². The van der Waals surface area contributed by atoms with E-state index in [2.05, 4.69) is 20.7 Å². The number of nitrogens with zero attached hydrogens (tertiary/aromatic N) is 5. The van der Waals surface area contributed by atoms with Crippen molar-refractivity contribution < 1.29 is 24.2 Å². The number of carbonyl (C=O) groups is 2. The molecule has 0 saturated heterocycles. The Hall–Kier alpha value is -5.23. The van der Waals surface area contributed by atoms with Gasteiger partial charge in [-0.3, -0.25) is 14.5 Å². The number of hydrogen-bond acceptors (Lipinski definition) is 9. The van der Waals surface area contributed by atoms with E-state index in [-0.39, 0.29) is 18.8 Å². The summed E-state index contributed by atoms with van der Waals surface area (Å²) in [5.74, 6) is 0.565. The van der Waals surface area contributed by atoms with Crippen LogP contribution in [0.3, 0.4) is 0 Å². The predicted molar refractivity (Wildman–Crippen MR) is 155 cm³/mol. The highest BCUT2D eigenvalue weighted by atomic mass is 32.1. The highest BCUT2D eigenvalue weighted by molar-refractivity contribution is 7.13. The fraction of sp³-hybridized carbons (Fsp3) is 0.167. The second kappa shape index (κ2) is 12.1. The molecule has 3 heterocycles. The van der Waals surface area contributed by atoms with E-state index < -0.39 is 17.9 Å². The zero-order valence-electron chi connectivity index (χ0n) is 22.3. The van der Waals surface area contributed by atoms with Crippen molar-refractivity contribution in [1.82, 2.24) is 25.5 Å². The molecular formula is C30H26N6O5S. The number of amides is 2. The largest absolute Gasteiger partial charge is 0.508 e. The number of thiophene rings is 1. The summed E-state index contributed by atoms with van der Waals surface area (Å²) in [5.41, 5.74) is 1.81. The van der Waals surface area contributed by atoms with Crippen molar-refractivity contribution in [3.8, 4) is 28.0 Å². The van der Waals surface area contributed by atoms with E-state index in [0.29, 0.717) is 41.8 Å². The lowest BCUT2D eigenvalue weighted by Crippen LogP contribution is -2.45. The van der Waals surface area contributed by atoms with E-state index in [4.69, 9.17) is 9.47 Å². The van der Waals surface area contributed by atoms with Crippen molar-refractivity contribution in [1.29, 1.82) is 0 Å². The molecule has 0 radical (unpaired) electrons. The maximum atomic E-state index is 14.1. The van der Waals surface area contributed by atoms with Crippen LogP contribution >= 0.6 is 11.3 Å². The summed E-state index contributed by atoms with van der Waals surface area (Å²) in [4.78, 5) is 31.5. The molecule has 0 saturated carbocycles. The summed E-state index contributed by atoms with van der Waals surface area (Å²) in [6, 6.07) is 23.4. The third kappa shape index (κ3) is 5.93. The van der Waals surface area contributed by atoms with Gasteiger partial charge in [0.25, 0.3) is 5.91 Å². The molecule has 0 spiro atoms. The highest BCUT2D eigenvalue weighted by Gasteiger charge is 2.34. The van der Waals surface area contributed by atoms with Crippen molar-refractivity contribution in [2.24, 2.45) is 0 Å². The molecule has 0 bridgehead atoms. The van der Waals surface area contributed by atoms with E-state index >= 15 is 0 Å². The van der Waals surface area contributed by atoms with Gasteiger partial charge in [0.15, 0.2) is 11.5 Å². The number of carbonyl (C=O) groups excluding carboxylic acids is 2. The van der Waals surface area contributed by atoms with Crippen molar-refractivity contribution in [3.05, 3.63) is 101 Å². The summed E-state index contributed by atoms with van der Waals surface area (Å²) < 4.78 is 11.5. The average molecular weight is 583 g/mol. The van der Waals surface area contributed by atoms with Gasteiger partial charge in [0.05, 0.1) is 4.88 Å². The van der Waals surface area contributed by atoms with Crippen LogP contribution in [0.25, 0.3) is 10.7 Å². The number of phenols is 1. The molecule has 2 amide bonds. The van der Waals surface area contributed by atoms with E-state index in [1.54, 1.807) is 30.3 Å². The van der Waals surface area contributed by atoms with E-state index in [1.165, 1.54) is 33.2 Å². The number of aromatic hydroxyl groups is 1. The minimum absolute atomic E-state index is 0.0346. The van der Waals surface area contributed by atoms with E-state index in [1.807, 2.05) is 47.8 Å². The first kappa shape index (κ1) is 27.0. The van der Waals surface area contributed by atoms with Gasteiger partial charge in [-0.1, -0.05) is 48.5 Å². The zero-order valence-corrected chi connectivity index (χ0v) is 23.1. The summed E-state index contributed by atoms with van der Waals surface area (Å²) in [5, 5.41) is 27.4.